The number of hydrogen-bond acceptors (Lipinski definition) is 4. The summed E-state index contributed by atoms with van der Waals surface area (Å²) in [6.45, 7) is 0.223. The predicted octanol–water partition coefficient (Wildman–Crippen LogP) is 4.86. The molecule has 3 aromatic carbocycles. The third-order valence-electron chi connectivity index (χ3n) is 3.94. The van der Waals surface area contributed by atoms with Crippen LogP contribution in [0.2, 0.25) is 0 Å². The molecule has 27 heavy (non-hydrogen) atoms. The molecule has 0 fully saturated rings. The first-order valence-electron chi connectivity index (χ1n) is 8.48. The predicted molar refractivity (Wildman–Crippen MR) is 103 cm³/mol. The zero-order valence-corrected chi connectivity index (χ0v) is 14.4. The van der Waals surface area contributed by atoms with Crippen LogP contribution in [0.15, 0.2) is 78.9 Å². The Balaban J connectivity index is 1.45. The molecule has 1 heterocycles. The molecule has 0 atom stereocenters. The molecule has 5 heteroatoms. The number of amides is 1. The van der Waals surface area contributed by atoms with Crippen molar-refractivity contribution in [3.63, 3.8) is 0 Å². The lowest BCUT2D eigenvalue weighted by Crippen LogP contribution is -2.08. The van der Waals surface area contributed by atoms with E-state index in [1.807, 2.05) is 66.7 Å². The van der Waals surface area contributed by atoms with Gasteiger partial charge in [-0.2, -0.15) is 0 Å². The number of carbonyl (C=O) groups excluding carboxylic acids is 1. The molecule has 4 rings (SSSR count). The fourth-order valence-corrected chi connectivity index (χ4v) is 2.64. The van der Waals surface area contributed by atoms with E-state index < -0.39 is 0 Å². The van der Waals surface area contributed by atoms with Crippen molar-refractivity contribution < 1.29 is 19.0 Å². The molecule has 1 amide bonds. The molecule has 0 bridgehead atoms. The second kappa shape index (κ2) is 7.66. The summed E-state index contributed by atoms with van der Waals surface area (Å²) in [6, 6.07) is 22.2. The average Bonchev–Trinajstić information content (AvgIpc) is 3.17. The fourth-order valence-electron chi connectivity index (χ4n) is 2.64. The number of carbonyl (C=O) groups is 1. The van der Waals surface area contributed by atoms with Gasteiger partial charge >= 0.3 is 0 Å². The summed E-state index contributed by atoms with van der Waals surface area (Å²) < 4.78 is 16.5. The van der Waals surface area contributed by atoms with Crippen molar-refractivity contribution in [1.29, 1.82) is 0 Å². The van der Waals surface area contributed by atoms with Gasteiger partial charge in [-0.3, -0.25) is 4.79 Å². The highest BCUT2D eigenvalue weighted by Crippen LogP contribution is 2.33. The Hall–Kier alpha value is -3.73. The van der Waals surface area contributed by atoms with Gasteiger partial charge in [0.2, 0.25) is 12.7 Å². The first-order valence-corrected chi connectivity index (χ1v) is 8.48. The molecule has 1 N–H and O–H groups in total. The molecular formula is C22H17NO4. The second-order valence-corrected chi connectivity index (χ2v) is 5.85. The Morgan fingerprint density at radius 3 is 2.59 bits per heavy atom. The lowest BCUT2D eigenvalue weighted by atomic mass is 10.2. The largest absolute Gasteiger partial charge is 0.455 e. The highest BCUT2D eigenvalue weighted by molar-refractivity contribution is 6.02. The minimum Gasteiger partial charge on any atom is -0.455 e. The number of benzene rings is 3. The topological polar surface area (TPSA) is 56.8 Å². The third kappa shape index (κ3) is 4.10. The van der Waals surface area contributed by atoms with Gasteiger partial charge in [-0.25, -0.2) is 0 Å². The first-order chi connectivity index (χ1) is 13.3. The van der Waals surface area contributed by atoms with Crippen molar-refractivity contribution in [2.24, 2.45) is 0 Å². The van der Waals surface area contributed by atoms with Crippen molar-refractivity contribution >= 4 is 17.7 Å². The van der Waals surface area contributed by atoms with Crippen LogP contribution in [-0.2, 0) is 4.79 Å². The summed E-state index contributed by atoms with van der Waals surface area (Å²) in [5.74, 6) is 2.42. The normalized spacial score (nSPS) is 12.1. The molecular weight excluding hydrogens is 342 g/mol. The number of ether oxygens (including phenoxy) is 3. The summed E-state index contributed by atoms with van der Waals surface area (Å²) in [5.41, 5.74) is 1.45. The minimum atomic E-state index is -0.253. The van der Waals surface area contributed by atoms with E-state index in [4.69, 9.17) is 14.2 Å². The van der Waals surface area contributed by atoms with Gasteiger partial charge in [0.05, 0.1) is 5.69 Å². The van der Waals surface area contributed by atoms with Crippen molar-refractivity contribution in [3.8, 4) is 23.0 Å². The van der Waals surface area contributed by atoms with Crippen LogP contribution in [0.3, 0.4) is 0 Å². The second-order valence-electron chi connectivity index (χ2n) is 5.85. The van der Waals surface area contributed by atoms with E-state index in [2.05, 4.69) is 5.32 Å². The molecule has 3 aromatic rings. The summed E-state index contributed by atoms with van der Waals surface area (Å²) in [6.07, 6.45) is 3.19. The Labute approximate surface area is 156 Å². The van der Waals surface area contributed by atoms with Crippen LogP contribution < -0.4 is 19.5 Å². The van der Waals surface area contributed by atoms with Gasteiger partial charge in [0, 0.05) is 6.08 Å². The maximum absolute atomic E-state index is 12.3. The van der Waals surface area contributed by atoms with Crippen molar-refractivity contribution in [2.75, 3.05) is 12.1 Å². The van der Waals surface area contributed by atoms with E-state index in [9.17, 15) is 4.79 Å². The van der Waals surface area contributed by atoms with Gasteiger partial charge in [0.25, 0.3) is 0 Å². The minimum absolute atomic E-state index is 0.223. The Morgan fingerprint density at radius 2 is 1.70 bits per heavy atom. The number of para-hydroxylation sites is 3. The maximum atomic E-state index is 12.3. The molecule has 0 aromatic heterocycles. The van der Waals surface area contributed by atoms with Gasteiger partial charge in [-0.15, -0.1) is 0 Å². The van der Waals surface area contributed by atoms with Gasteiger partial charge in [0.15, 0.2) is 17.2 Å². The molecule has 0 saturated heterocycles. The van der Waals surface area contributed by atoms with Gasteiger partial charge in [-0.1, -0.05) is 36.4 Å². The van der Waals surface area contributed by atoms with Crippen LogP contribution in [0.4, 0.5) is 5.69 Å². The molecule has 0 radical (unpaired) electrons. The number of rotatable bonds is 5. The maximum Gasteiger partial charge on any atom is 0.248 e. The quantitative estimate of drug-likeness (QED) is 0.661. The zero-order chi connectivity index (χ0) is 18.5. The smallest absolute Gasteiger partial charge is 0.248 e. The van der Waals surface area contributed by atoms with Crippen LogP contribution in [0.1, 0.15) is 5.56 Å². The molecule has 0 unspecified atom stereocenters. The molecule has 0 spiro atoms. The van der Waals surface area contributed by atoms with Gasteiger partial charge in [0.1, 0.15) is 5.75 Å². The Kier molecular flexibility index (Phi) is 4.74. The number of anilines is 1. The van der Waals surface area contributed by atoms with E-state index in [-0.39, 0.29) is 12.7 Å². The van der Waals surface area contributed by atoms with E-state index in [1.165, 1.54) is 6.08 Å². The molecule has 134 valence electrons. The summed E-state index contributed by atoms with van der Waals surface area (Å²) in [7, 11) is 0. The molecule has 1 aliphatic heterocycles. The summed E-state index contributed by atoms with van der Waals surface area (Å²) >= 11 is 0. The van der Waals surface area contributed by atoms with Gasteiger partial charge in [-0.05, 0) is 48.0 Å². The highest BCUT2D eigenvalue weighted by Gasteiger charge is 2.12. The number of hydrogen-bond donors (Lipinski definition) is 1. The van der Waals surface area contributed by atoms with Crippen molar-refractivity contribution in [1.82, 2.24) is 0 Å². The first kappa shape index (κ1) is 16.7. The molecule has 1 aliphatic rings. The molecule has 5 nitrogen and oxygen atoms in total. The monoisotopic (exact) mass is 359 g/mol. The average molecular weight is 359 g/mol. The van der Waals surface area contributed by atoms with Gasteiger partial charge < -0.3 is 19.5 Å². The van der Waals surface area contributed by atoms with Crippen LogP contribution in [0, 0.1) is 0 Å². The van der Waals surface area contributed by atoms with Crippen LogP contribution in [0.5, 0.6) is 23.0 Å². The van der Waals surface area contributed by atoms with E-state index in [0.717, 1.165) is 5.56 Å². The van der Waals surface area contributed by atoms with Crippen molar-refractivity contribution in [3.05, 3.63) is 84.4 Å². The SMILES string of the molecule is O=C(/C=C\c1ccc2c(c1)OCO2)Nc1ccccc1Oc1ccccc1. The molecule has 0 saturated carbocycles. The Morgan fingerprint density at radius 1 is 0.926 bits per heavy atom. The van der Waals surface area contributed by atoms with E-state index in [1.54, 1.807) is 12.1 Å². The zero-order valence-electron chi connectivity index (χ0n) is 14.4. The summed E-state index contributed by atoms with van der Waals surface area (Å²) in [4.78, 5) is 12.3. The lowest BCUT2D eigenvalue weighted by molar-refractivity contribution is -0.111. The van der Waals surface area contributed by atoms with E-state index >= 15 is 0 Å². The highest BCUT2D eigenvalue weighted by atomic mass is 16.7. The van der Waals surface area contributed by atoms with Crippen LogP contribution >= 0.6 is 0 Å². The lowest BCUT2D eigenvalue weighted by Gasteiger charge is -2.11. The summed E-state index contributed by atoms with van der Waals surface area (Å²) in [5, 5.41) is 2.85. The number of nitrogens with one attached hydrogen (secondary N) is 1. The Bertz CT molecular complexity index is 983. The fraction of sp³-hybridized carbons (Fsp3) is 0.0455. The van der Waals surface area contributed by atoms with E-state index in [0.29, 0.717) is 28.7 Å². The third-order valence-corrected chi connectivity index (χ3v) is 3.94. The standard InChI is InChI=1S/C22H17NO4/c24-22(13-11-16-10-12-20-21(14-16)26-15-25-20)23-18-8-4-5-9-19(18)27-17-6-2-1-3-7-17/h1-14H,15H2,(H,23,24)/b13-11-. The van der Waals surface area contributed by atoms with Crippen LogP contribution in [-0.4, -0.2) is 12.7 Å². The molecule has 0 aliphatic carbocycles. The number of fused-ring (bicyclic) bond motifs is 1. The van der Waals surface area contributed by atoms with Crippen molar-refractivity contribution in [2.45, 2.75) is 0 Å². The van der Waals surface area contributed by atoms with Crippen LogP contribution in [0.25, 0.3) is 6.08 Å².